The normalized spacial score (nSPS) is 20.3. The summed E-state index contributed by atoms with van der Waals surface area (Å²) in [6.45, 7) is 21.2. The van der Waals surface area contributed by atoms with Crippen LogP contribution in [0.15, 0.2) is 0 Å². The van der Waals surface area contributed by atoms with Gasteiger partial charge in [-0.25, -0.2) is 0 Å². The van der Waals surface area contributed by atoms with Crippen LogP contribution in [-0.2, 0) is 19.3 Å². The third-order valence-electron chi connectivity index (χ3n) is 5.18. The smallest absolute Gasteiger partial charge is 0.106 e. The molecule has 6 heteroatoms. The third kappa shape index (κ3) is 13.9. The average Bonchev–Trinajstić information content (AvgIpc) is 2.65. The van der Waals surface area contributed by atoms with Crippen molar-refractivity contribution >= 4 is 13.6 Å². The Kier molecular flexibility index (Phi) is 13.8. The lowest BCUT2D eigenvalue weighted by Crippen LogP contribution is -2.40. The molecule has 2 saturated heterocycles. The highest BCUT2D eigenvalue weighted by Gasteiger charge is 2.25. The summed E-state index contributed by atoms with van der Waals surface area (Å²) in [6.07, 6.45) is 9.41. The minimum Gasteiger partial charge on any atom is -0.307 e. The van der Waals surface area contributed by atoms with Crippen LogP contribution in [0.1, 0.15) is 86.5 Å². The lowest BCUT2D eigenvalue weighted by molar-refractivity contribution is -0.239. The minimum absolute atomic E-state index is 0.0571. The molecule has 0 aromatic carbocycles. The largest absolute Gasteiger partial charge is 0.307 e. The van der Waals surface area contributed by atoms with Gasteiger partial charge in [0.25, 0.3) is 0 Å². The van der Waals surface area contributed by atoms with Crippen LogP contribution in [0.2, 0.25) is 0 Å². The number of hydrogen-bond donors (Lipinski definition) is 0. The number of piperidine rings is 2. The lowest BCUT2D eigenvalue weighted by Gasteiger charge is -2.36. The van der Waals surface area contributed by atoms with Gasteiger partial charge in [-0.2, -0.15) is 10.1 Å². The molecule has 0 spiro atoms. The van der Waals surface area contributed by atoms with Crippen LogP contribution in [0.25, 0.3) is 0 Å². The molecule has 2 fully saturated rings. The third-order valence-corrected chi connectivity index (χ3v) is 5.18. The monoisotopic (exact) mass is 414 g/mol. The van der Waals surface area contributed by atoms with Crippen molar-refractivity contribution in [1.29, 1.82) is 0 Å². The Labute approximate surface area is 179 Å². The molecule has 0 atom stereocenters. The Morgan fingerprint density at radius 3 is 1.17 bits per heavy atom. The summed E-state index contributed by atoms with van der Waals surface area (Å²) < 4.78 is 0. The SMILES string of the molecule is C=O.C=O.CC(C)(C)ON1CCC(CCCC2CCN(OC(C)(C)C)CC2)CC1. The molecule has 0 saturated carbocycles. The molecule has 0 radical (unpaired) electrons. The second-order valence-electron chi connectivity index (χ2n) is 10.1. The summed E-state index contributed by atoms with van der Waals surface area (Å²) in [7, 11) is 0. The highest BCUT2D eigenvalue weighted by atomic mass is 16.7. The summed E-state index contributed by atoms with van der Waals surface area (Å²) in [5, 5.41) is 4.36. The molecule has 0 aromatic heterocycles. The Bertz CT molecular complexity index is 366. The van der Waals surface area contributed by atoms with Gasteiger partial charge in [-0.3, -0.25) is 9.68 Å². The predicted molar refractivity (Wildman–Crippen MR) is 118 cm³/mol. The molecule has 2 aliphatic rings. The Balaban J connectivity index is 0.00000184. The van der Waals surface area contributed by atoms with Crippen molar-refractivity contribution in [3.63, 3.8) is 0 Å². The average molecular weight is 415 g/mol. The molecule has 0 bridgehead atoms. The van der Waals surface area contributed by atoms with Gasteiger partial charge < -0.3 is 9.59 Å². The molecule has 172 valence electrons. The Hall–Kier alpha value is -0.820. The molecule has 2 heterocycles. The molecule has 0 unspecified atom stereocenters. The van der Waals surface area contributed by atoms with E-state index in [1.54, 1.807) is 0 Å². The van der Waals surface area contributed by atoms with E-state index in [1.807, 2.05) is 13.6 Å². The Morgan fingerprint density at radius 2 is 0.931 bits per heavy atom. The van der Waals surface area contributed by atoms with E-state index in [1.165, 1.54) is 44.9 Å². The molecule has 6 nitrogen and oxygen atoms in total. The zero-order valence-corrected chi connectivity index (χ0v) is 19.9. The second-order valence-corrected chi connectivity index (χ2v) is 10.1. The first-order valence-electron chi connectivity index (χ1n) is 11.1. The fraction of sp³-hybridized carbons (Fsp3) is 0.913. The van der Waals surface area contributed by atoms with Crippen LogP contribution in [0, 0.1) is 11.8 Å². The number of carbonyl (C=O) groups excluding carboxylic acids is 2. The van der Waals surface area contributed by atoms with Gasteiger partial charge >= 0.3 is 0 Å². The van der Waals surface area contributed by atoms with Crippen LogP contribution in [-0.4, -0.2) is 61.1 Å². The van der Waals surface area contributed by atoms with Gasteiger partial charge in [-0.1, -0.05) is 19.3 Å². The quantitative estimate of drug-likeness (QED) is 0.629. The fourth-order valence-corrected chi connectivity index (χ4v) is 4.05. The summed E-state index contributed by atoms with van der Waals surface area (Å²) in [5.41, 5.74) is -0.114. The number of carbonyl (C=O) groups is 2. The van der Waals surface area contributed by atoms with E-state index >= 15 is 0 Å². The molecule has 0 amide bonds. The van der Waals surface area contributed by atoms with Gasteiger partial charge in [0.1, 0.15) is 13.6 Å². The predicted octanol–water partition coefficient (Wildman–Crippen LogP) is 4.67. The summed E-state index contributed by atoms with van der Waals surface area (Å²) in [5.74, 6) is 1.81. The molecule has 29 heavy (non-hydrogen) atoms. The van der Waals surface area contributed by atoms with Crippen LogP contribution in [0.4, 0.5) is 0 Å². The van der Waals surface area contributed by atoms with Crippen molar-refractivity contribution in [3.05, 3.63) is 0 Å². The van der Waals surface area contributed by atoms with Crippen LogP contribution in [0.5, 0.6) is 0 Å². The van der Waals surface area contributed by atoms with E-state index in [9.17, 15) is 0 Å². The maximum absolute atomic E-state index is 8.00. The lowest BCUT2D eigenvalue weighted by atomic mass is 9.87. The number of hydrogen-bond acceptors (Lipinski definition) is 6. The molecule has 0 aliphatic carbocycles. The molecule has 0 aromatic rings. The molecule has 2 rings (SSSR count). The minimum atomic E-state index is -0.0571. The maximum Gasteiger partial charge on any atom is 0.106 e. The number of nitrogens with zero attached hydrogens (tertiary/aromatic N) is 2. The first kappa shape index (κ1) is 28.2. The van der Waals surface area contributed by atoms with Crippen LogP contribution in [0.3, 0.4) is 0 Å². The van der Waals surface area contributed by atoms with E-state index in [0.717, 1.165) is 38.0 Å². The van der Waals surface area contributed by atoms with Gasteiger partial charge in [0.15, 0.2) is 0 Å². The van der Waals surface area contributed by atoms with Crippen molar-refractivity contribution in [1.82, 2.24) is 10.1 Å². The standard InChI is InChI=1S/C21H42N2O2.2CH2O/c1-20(2,3)24-22-14-10-18(11-15-22)8-7-9-19-12-16-23(17-13-19)25-21(4,5)6;2*1-2/h18-19H,7-17H2,1-6H3;2*1H2. The van der Waals surface area contributed by atoms with Crippen LogP contribution < -0.4 is 0 Å². The first-order valence-corrected chi connectivity index (χ1v) is 11.1. The number of hydroxylamine groups is 4. The summed E-state index contributed by atoms with van der Waals surface area (Å²) in [6, 6.07) is 0. The van der Waals surface area contributed by atoms with E-state index in [4.69, 9.17) is 19.3 Å². The van der Waals surface area contributed by atoms with Crippen molar-refractivity contribution in [2.75, 3.05) is 26.2 Å². The fourth-order valence-electron chi connectivity index (χ4n) is 4.05. The van der Waals surface area contributed by atoms with E-state index in [0.29, 0.717) is 0 Å². The number of rotatable bonds is 6. The second kappa shape index (κ2) is 14.2. The van der Waals surface area contributed by atoms with Crippen molar-refractivity contribution < 1.29 is 19.3 Å². The summed E-state index contributed by atoms with van der Waals surface area (Å²) >= 11 is 0. The maximum atomic E-state index is 8.00. The molecular weight excluding hydrogens is 368 g/mol. The van der Waals surface area contributed by atoms with E-state index in [-0.39, 0.29) is 11.2 Å². The van der Waals surface area contributed by atoms with Crippen molar-refractivity contribution in [3.8, 4) is 0 Å². The zero-order chi connectivity index (χ0) is 22.5. The topological polar surface area (TPSA) is 59.1 Å². The van der Waals surface area contributed by atoms with Crippen molar-refractivity contribution in [2.45, 2.75) is 97.7 Å². The molecular formula is C23H46N2O4. The zero-order valence-electron chi connectivity index (χ0n) is 19.9. The molecule has 2 aliphatic heterocycles. The van der Waals surface area contributed by atoms with Gasteiger partial charge in [-0.15, -0.1) is 0 Å². The Morgan fingerprint density at radius 1 is 0.655 bits per heavy atom. The van der Waals surface area contributed by atoms with Gasteiger partial charge in [-0.05, 0) is 79.1 Å². The van der Waals surface area contributed by atoms with Crippen molar-refractivity contribution in [2.24, 2.45) is 11.8 Å². The van der Waals surface area contributed by atoms with Gasteiger partial charge in [0.2, 0.25) is 0 Å². The van der Waals surface area contributed by atoms with E-state index < -0.39 is 0 Å². The highest BCUT2D eigenvalue weighted by molar-refractivity contribution is 5.11. The molecule has 0 N–H and O–H groups in total. The highest BCUT2D eigenvalue weighted by Crippen LogP contribution is 2.28. The van der Waals surface area contributed by atoms with Crippen LogP contribution >= 0.6 is 0 Å². The summed E-state index contributed by atoms with van der Waals surface area (Å²) in [4.78, 5) is 28.0. The van der Waals surface area contributed by atoms with Gasteiger partial charge in [0, 0.05) is 26.2 Å². The first-order chi connectivity index (χ1) is 13.6. The van der Waals surface area contributed by atoms with E-state index in [2.05, 4.69) is 51.7 Å². The van der Waals surface area contributed by atoms with Gasteiger partial charge in [0.05, 0.1) is 11.2 Å².